The number of aromatic amines is 1. The number of rotatable bonds is 10. The summed E-state index contributed by atoms with van der Waals surface area (Å²) in [6.07, 6.45) is 6.95. The number of hydrogen-bond acceptors (Lipinski definition) is 5. The van der Waals surface area contributed by atoms with Crippen LogP contribution in [-0.2, 0) is 4.79 Å². The molecule has 0 saturated heterocycles. The molecule has 1 atom stereocenters. The van der Waals surface area contributed by atoms with E-state index in [2.05, 4.69) is 25.6 Å². The number of imidazole rings is 1. The maximum Gasteiger partial charge on any atom is 0.263 e. The third kappa shape index (κ3) is 6.53. The zero-order valence-electron chi connectivity index (χ0n) is 17.0. The average Bonchev–Trinajstić information content (AvgIpc) is 3.47. The Hall–Kier alpha value is -2.42. The van der Waals surface area contributed by atoms with Gasteiger partial charge in [0.05, 0.1) is 39.7 Å². The van der Waals surface area contributed by atoms with E-state index in [0.29, 0.717) is 33.6 Å². The Kier molecular flexibility index (Phi) is 8.45. The van der Waals surface area contributed by atoms with Crippen molar-refractivity contribution in [1.82, 2.24) is 25.6 Å². The first-order valence-electron chi connectivity index (χ1n) is 9.88. The third-order valence-corrected chi connectivity index (χ3v) is 6.30. The number of aromatic nitrogens is 3. The van der Waals surface area contributed by atoms with Crippen LogP contribution < -0.4 is 10.6 Å². The summed E-state index contributed by atoms with van der Waals surface area (Å²) in [5.41, 5.74) is 3.26. The van der Waals surface area contributed by atoms with E-state index in [1.165, 1.54) is 11.3 Å². The first-order chi connectivity index (χ1) is 15.0. The van der Waals surface area contributed by atoms with Gasteiger partial charge in [0.15, 0.2) is 0 Å². The second-order valence-corrected chi connectivity index (χ2v) is 8.68. The maximum absolute atomic E-state index is 12.6. The predicted octanol–water partition coefficient (Wildman–Crippen LogP) is 5.01. The van der Waals surface area contributed by atoms with E-state index in [4.69, 9.17) is 23.2 Å². The highest BCUT2D eigenvalue weighted by Gasteiger charge is 2.20. The topological polar surface area (TPSA) is 99.8 Å². The lowest BCUT2D eigenvalue weighted by Crippen LogP contribution is -2.28. The minimum Gasteiger partial charge on any atom is -0.359 e. The molecule has 0 bridgehead atoms. The molecule has 3 N–H and O–H groups in total. The predicted molar refractivity (Wildman–Crippen MR) is 124 cm³/mol. The molecular formula is C21H23Cl2N5O2S. The highest BCUT2D eigenvalue weighted by atomic mass is 35.5. The molecule has 31 heavy (non-hydrogen) atoms. The molecule has 0 fully saturated rings. The van der Waals surface area contributed by atoms with E-state index in [1.807, 2.05) is 6.07 Å². The summed E-state index contributed by atoms with van der Waals surface area (Å²) in [6, 6.07) is 5.06. The molecule has 0 saturated carbocycles. The Morgan fingerprint density at radius 1 is 1.16 bits per heavy atom. The molecule has 2 aromatic heterocycles. The molecule has 1 aromatic carbocycles. The lowest BCUT2D eigenvalue weighted by Gasteiger charge is -2.16. The minimum absolute atomic E-state index is 0.0346. The molecular weight excluding hydrogens is 457 g/mol. The highest BCUT2D eigenvalue weighted by molar-refractivity contribution is 7.11. The molecule has 0 unspecified atom stereocenters. The standard InChI is InChI=1S/C21H23Cl2N5O2S/c1-24-19(29)6-4-2-3-5-16(28-21(30)18-11-25-12-31-18)20-26-10-17(27-20)13-7-8-14(22)15(23)9-13/h7-12,16H,2-6H2,1H3,(H,24,29)(H,26,27)(H,28,30)/t16-/m0/s1. The fraction of sp³-hybridized carbons (Fsp3) is 0.333. The van der Waals surface area contributed by atoms with Crippen LogP contribution in [0.25, 0.3) is 11.3 Å². The summed E-state index contributed by atoms with van der Waals surface area (Å²) >= 11 is 13.4. The third-order valence-electron chi connectivity index (χ3n) is 4.79. The molecule has 0 aliphatic carbocycles. The summed E-state index contributed by atoms with van der Waals surface area (Å²) in [6.45, 7) is 0. The summed E-state index contributed by atoms with van der Waals surface area (Å²) in [7, 11) is 1.63. The normalized spacial score (nSPS) is 11.8. The number of hydrogen-bond donors (Lipinski definition) is 3. The molecule has 7 nitrogen and oxygen atoms in total. The van der Waals surface area contributed by atoms with Crippen molar-refractivity contribution in [1.29, 1.82) is 0 Å². The molecule has 2 heterocycles. The highest BCUT2D eigenvalue weighted by Crippen LogP contribution is 2.29. The van der Waals surface area contributed by atoms with Crippen molar-refractivity contribution in [3.8, 4) is 11.3 Å². The van der Waals surface area contributed by atoms with Crippen LogP contribution in [0.3, 0.4) is 0 Å². The molecule has 0 spiro atoms. The second kappa shape index (κ2) is 11.3. The number of thiazole rings is 1. The van der Waals surface area contributed by atoms with E-state index in [9.17, 15) is 9.59 Å². The monoisotopic (exact) mass is 479 g/mol. The van der Waals surface area contributed by atoms with Crippen molar-refractivity contribution < 1.29 is 9.59 Å². The van der Waals surface area contributed by atoms with Crippen molar-refractivity contribution in [3.05, 3.63) is 56.9 Å². The van der Waals surface area contributed by atoms with Crippen LogP contribution in [0.5, 0.6) is 0 Å². The zero-order valence-corrected chi connectivity index (χ0v) is 19.3. The van der Waals surface area contributed by atoms with Gasteiger partial charge in [-0.2, -0.15) is 0 Å². The van der Waals surface area contributed by atoms with Crippen LogP contribution >= 0.6 is 34.5 Å². The van der Waals surface area contributed by atoms with Gasteiger partial charge in [-0.3, -0.25) is 14.6 Å². The average molecular weight is 480 g/mol. The lowest BCUT2D eigenvalue weighted by molar-refractivity contribution is -0.120. The molecule has 0 radical (unpaired) electrons. The van der Waals surface area contributed by atoms with Crippen molar-refractivity contribution in [3.63, 3.8) is 0 Å². The van der Waals surface area contributed by atoms with E-state index in [1.54, 1.807) is 37.1 Å². The number of nitrogens with zero attached hydrogens (tertiary/aromatic N) is 2. The first-order valence-corrected chi connectivity index (χ1v) is 11.5. The van der Waals surface area contributed by atoms with Gasteiger partial charge in [-0.1, -0.05) is 42.1 Å². The number of halogens is 2. The number of benzene rings is 1. The van der Waals surface area contributed by atoms with Crippen LogP contribution in [0.2, 0.25) is 10.0 Å². The molecule has 0 aliphatic rings. The summed E-state index contributed by atoms with van der Waals surface area (Å²) in [5.74, 6) is 0.503. The van der Waals surface area contributed by atoms with E-state index in [0.717, 1.165) is 30.5 Å². The number of carbonyl (C=O) groups is 2. The van der Waals surface area contributed by atoms with E-state index < -0.39 is 0 Å². The fourth-order valence-corrected chi connectivity index (χ4v) is 3.92. The van der Waals surface area contributed by atoms with Crippen LogP contribution in [-0.4, -0.2) is 33.8 Å². The first kappa shape index (κ1) is 23.2. The van der Waals surface area contributed by atoms with Gasteiger partial charge in [-0.25, -0.2) is 4.98 Å². The van der Waals surface area contributed by atoms with Gasteiger partial charge >= 0.3 is 0 Å². The molecule has 3 aromatic rings. The van der Waals surface area contributed by atoms with Crippen molar-refractivity contribution in [2.24, 2.45) is 0 Å². The number of amides is 2. The molecule has 0 aliphatic heterocycles. The van der Waals surface area contributed by atoms with Gasteiger partial charge < -0.3 is 15.6 Å². The van der Waals surface area contributed by atoms with Gasteiger partial charge in [-0.05, 0) is 25.0 Å². The van der Waals surface area contributed by atoms with Crippen LogP contribution in [0.1, 0.15) is 53.6 Å². The molecule has 10 heteroatoms. The quantitative estimate of drug-likeness (QED) is 0.355. The fourth-order valence-electron chi connectivity index (χ4n) is 3.09. The number of nitrogens with one attached hydrogen (secondary N) is 3. The van der Waals surface area contributed by atoms with E-state index >= 15 is 0 Å². The van der Waals surface area contributed by atoms with Crippen molar-refractivity contribution in [2.75, 3.05) is 7.05 Å². The van der Waals surface area contributed by atoms with Gasteiger partial charge in [0, 0.05) is 19.0 Å². The van der Waals surface area contributed by atoms with Crippen LogP contribution in [0.4, 0.5) is 0 Å². The van der Waals surface area contributed by atoms with Gasteiger partial charge in [0.2, 0.25) is 5.91 Å². The molecule has 3 rings (SSSR count). The Morgan fingerprint density at radius 3 is 2.71 bits per heavy atom. The second-order valence-electron chi connectivity index (χ2n) is 6.98. The Balaban J connectivity index is 1.70. The summed E-state index contributed by atoms with van der Waals surface area (Å²) in [4.78, 5) is 36.3. The SMILES string of the molecule is CNC(=O)CCCCC[C@H](NC(=O)c1cncs1)c1ncc(-c2ccc(Cl)c(Cl)c2)[nH]1. The van der Waals surface area contributed by atoms with Crippen LogP contribution in [0.15, 0.2) is 36.1 Å². The smallest absolute Gasteiger partial charge is 0.263 e. The Labute approximate surface area is 194 Å². The minimum atomic E-state index is -0.300. The zero-order chi connectivity index (χ0) is 22.2. The molecule has 2 amide bonds. The Morgan fingerprint density at radius 2 is 2.00 bits per heavy atom. The lowest BCUT2D eigenvalue weighted by atomic mass is 10.1. The largest absolute Gasteiger partial charge is 0.359 e. The number of unbranched alkanes of at least 4 members (excludes halogenated alkanes) is 2. The van der Waals surface area contributed by atoms with Crippen molar-refractivity contribution in [2.45, 2.75) is 38.1 Å². The molecule has 164 valence electrons. The Bertz CT molecular complexity index is 1020. The number of carbonyl (C=O) groups excluding carboxylic acids is 2. The van der Waals surface area contributed by atoms with Gasteiger partial charge in [-0.15, -0.1) is 11.3 Å². The van der Waals surface area contributed by atoms with Gasteiger partial charge in [0.25, 0.3) is 5.91 Å². The van der Waals surface area contributed by atoms with Crippen molar-refractivity contribution >= 4 is 46.4 Å². The van der Waals surface area contributed by atoms with Gasteiger partial charge in [0.1, 0.15) is 10.7 Å². The maximum atomic E-state index is 12.6. The van der Waals surface area contributed by atoms with E-state index in [-0.39, 0.29) is 17.9 Å². The summed E-state index contributed by atoms with van der Waals surface area (Å²) < 4.78 is 0. The van der Waals surface area contributed by atoms with Crippen LogP contribution in [0, 0.1) is 0 Å². The summed E-state index contributed by atoms with van der Waals surface area (Å²) in [5, 5.41) is 6.61. The number of H-pyrrole nitrogens is 1.